The van der Waals surface area contributed by atoms with E-state index in [1.54, 1.807) is 6.20 Å². The van der Waals surface area contributed by atoms with Crippen LogP contribution in [0, 0.1) is 5.92 Å². The Morgan fingerprint density at radius 1 is 1.56 bits per heavy atom. The van der Waals surface area contributed by atoms with Crippen molar-refractivity contribution >= 4 is 5.82 Å². The van der Waals surface area contributed by atoms with Crippen molar-refractivity contribution in [1.82, 2.24) is 4.98 Å². The first kappa shape index (κ1) is 13.1. The molecule has 1 aliphatic heterocycles. The average Bonchev–Trinajstić information content (AvgIpc) is 2.80. The van der Waals surface area contributed by atoms with Crippen LogP contribution >= 0.6 is 0 Å². The lowest BCUT2D eigenvalue weighted by atomic mass is 10.0. The van der Waals surface area contributed by atoms with Crippen LogP contribution in [0.3, 0.4) is 0 Å². The predicted molar refractivity (Wildman–Crippen MR) is 72.0 cm³/mol. The highest BCUT2D eigenvalue weighted by Crippen LogP contribution is 2.24. The summed E-state index contributed by atoms with van der Waals surface area (Å²) in [6, 6.07) is 3.86. The molecule has 1 aromatic rings. The zero-order valence-electron chi connectivity index (χ0n) is 11.2. The number of hydrogen-bond donors (Lipinski definition) is 1. The smallest absolute Gasteiger partial charge is 0.168 e. The van der Waals surface area contributed by atoms with Crippen molar-refractivity contribution in [2.45, 2.75) is 32.8 Å². The number of anilines is 1. The normalized spacial score (nSPS) is 23.0. The van der Waals surface area contributed by atoms with Gasteiger partial charge in [0, 0.05) is 25.3 Å². The molecule has 0 aromatic carbocycles. The van der Waals surface area contributed by atoms with E-state index in [0.717, 1.165) is 44.2 Å². The Kier molecular flexibility index (Phi) is 4.81. The number of aromatic nitrogens is 1. The molecule has 0 spiro atoms. The fourth-order valence-electron chi connectivity index (χ4n) is 2.12. The molecule has 0 saturated carbocycles. The third kappa shape index (κ3) is 3.35. The third-order valence-corrected chi connectivity index (χ3v) is 3.30. The number of hydrogen-bond acceptors (Lipinski definition) is 4. The summed E-state index contributed by atoms with van der Waals surface area (Å²) in [4.78, 5) is 4.34. The van der Waals surface area contributed by atoms with Gasteiger partial charge < -0.3 is 14.8 Å². The van der Waals surface area contributed by atoms with Crippen molar-refractivity contribution < 1.29 is 9.47 Å². The summed E-state index contributed by atoms with van der Waals surface area (Å²) in [5, 5.41) is 3.38. The number of pyridine rings is 1. The first-order chi connectivity index (χ1) is 8.81. The molecule has 0 radical (unpaired) electrons. The van der Waals surface area contributed by atoms with Crippen LogP contribution in [-0.2, 0) is 4.74 Å². The standard InChI is InChI=1S/C14H22N2O2/c1-3-8-18-13-5-4-7-15-14(13)16-10-12-6-9-17-11(12)2/h4-5,7,11-12H,3,6,8-10H2,1-2H3,(H,15,16). The Hall–Kier alpha value is -1.29. The number of ether oxygens (including phenoxy) is 2. The summed E-state index contributed by atoms with van der Waals surface area (Å²) in [7, 11) is 0. The zero-order valence-corrected chi connectivity index (χ0v) is 11.2. The van der Waals surface area contributed by atoms with E-state index in [9.17, 15) is 0 Å². The molecule has 2 unspecified atom stereocenters. The minimum absolute atomic E-state index is 0.334. The second-order valence-electron chi connectivity index (χ2n) is 4.70. The molecule has 4 heteroatoms. The Morgan fingerprint density at radius 2 is 2.44 bits per heavy atom. The van der Waals surface area contributed by atoms with Crippen LogP contribution in [-0.4, -0.2) is 30.8 Å². The molecule has 2 heterocycles. The van der Waals surface area contributed by atoms with Gasteiger partial charge in [-0.25, -0.2) is 4.98 Å². The SMILES string of the molecule is CCCOc1cccnc1NCC1CCOC1C. The highest BCUT2D eigenvalue weighted by atomic mass is 16.5. The quantitative estimate of drug-likeness (QED) is 0.843. The van der Waals surface area contributed by atoms with Crippen LogP contribution < -0.4 is 10.1 Å². The van der Waals surface area contributed by atoms with Gasteiger partial charge in [-0.2, -0.15) is 0 Å². The van der Waals surface area contributed by atoms with Gasteiger partial charge in [0.1, 0.15) is 0 Å². The fourth-order valence-corrected chi connectivity index (χ4v) is 2.12. The largest absolute Gasteiger partial charge is 0.490 e. The maximum absolute atomic E-state index is 5.67. The Labute approximate surface area is 109 Å². The van der Waals surface area contributed by atoms with Crippen molar-refractivity contribution in [3.05, 3.63) is 18.3 Å². The van der Waals surface area contributed by atoms with Crippen molar-refractivity contribution in [2.24, 2.45) is 5.92 Å². The second-order valence-corrected chi connectivity index (χ2v) is 4.70. The topological polar surface area (TPSA) is 43.4 Å². The van der Waals surface area contributed by atoms with E-state index in [1.807, 2.05) is 12.1 Å². The van der Waals surface area contributed by atoms with Crippen LogP contribution in [0.25, 0.3) is 0 Å². The first-order valence-electron chi connectivity index (χ1n) is 6.74. The van der Waals surface area contributed by atoms with Gasteiger partial charge in [0.25, 0.3) is 0 Å². The molecule has 1 N–H and O–H groups in total. The lowest BCUT2D eigenvalue weighted by molar-refractivity contribution is 0.108. The number of nitrogens with one attached hydrogen (secondary N) is 1. The summed E-state index contributed by atoms with van der Waals surface area (Å²) >= 11 is 0. The molecule has 100 valence electrons. The van der Waals surface area contributed by atoms with E-state index < -0.39 is 0 Å². The first-order valence-corrected chi connectivity index (χ1v) is 6.74. The molecule has 1 saturated heterocycles. The Bertz CT molecular complexity index is 371. The lowest BCUT2D eigenvalue weighted by Crippen LogP contribution is -2.21. The number of rotatable bonds is 6. The Morgan fingerprint density at radius 3 is 3.17 bits per heavy atom. The van der Waals surface area contributed by atoms with Gasteiger partial charge in [-0.05, 0) is 31.9 Å². The van der Waals surface area contributed by atoms with Crippen LogP contribution in [0.15, 0.2) is 18.3 Å². The van der Waals surface area contributed by atoms with E-state index in [2.05, 4.69) is 24.1 Å². The van der Waals surface area contributed by atoms with Gasteiger partial charge in [0.05, 0.1) is 12.7 Å². The molecule has 4 nitrogen and oxygen atoms in total. The highest BCUT2D eigenvalue weighted by Gasteiger charge is 2.24. The van der Waals surface area contributed by atoms with Crippen LogP contribution in [0.4, 0.5) is 5.82 Å². The molecule has 2 atom stereocenters. The van der Waals surface area contributed by atoms with Gasteiger partial charge >= 0.3 is 0 Å². The molecule has 2 rings (SSSR count). The fraction of sp³-hybridized carbons (Fsp3) is 0.643. The molecule has 0 bridgehead atoms. The summed E-state index contributed by atoms with van der Waals surface area (Å²) < 4.78 is 11.2. The van der Waals surface area contributed by atoms with E-state index in [1.165, 1.54) is 0 Å². The van der Waals surface area contributed by atoms with Gasteiger partial charge in [-0.15, -0.1) is 0 Å². The average molecular weight is 250 g/mol. The van der Waals surface area contributed by atoms with Crippen molar-refractivity contribution in [3.8, 4) is 5.75 Å². The van der Waals surface area contributed by atoms with Gasteiger partial charge in [0.2, 0.25) is 0 Å². The minimum atomic E-state index is 0.334. The number of nitrogens with zero attached hydrogens (tertiary/aromatic N) is 1. The zero-order chi connectivity index (χ0) is 12.8. The molecule has 1 aliphatic rings. The van der Waals surface area contributed by atoms with Crippen LogP contribution in [0.2, 0.25) is 0 Å². The monoisotopic (exact) mass is 250 g/mol. The predicted octanol–water partition coefficient (Wildman–Crippen LogP) is 2.71. The summed E-state index contributed by atoms with van der Waals surface area (Å²) in [5.41, 5.74) is 0. The summed E-state index contributed by atoms with van der Waals surface area (Å²) in [6.07, 6.45) is 4.24. The molecular formula is C14H22N2O2. The molecule has 0 amide bonds. The van der Waals surface area contributed by atoms with Crippen molar-refractivity contribution in [2.75, 3.05) is 25.1 Å². The van der Waals surface area contributed by atoms with Gasteiger partial charge in [-0.3, -0.25) is 0 Å². The molecule has 18 heavy (non-hydrogen) atoms. The molecule has 0 aliphatic carbocycles. The molecule has 1 aromatic heterocycles. The third-order valence-electron chi connectivity index (χ3n) is 3.30. The van der Waals surface area contributed by atoms with Gasteiger partial charge in [-0.1, -0.05) is 6.92 Å². The maximum atomic E-state index is 5.67. The van der Waals surface area contributed by atoms with Crippen molar-refractivity contribution in [3.63, 3.8) is 0 Å². The van der Waals surface area contributed by atoms with E-state index in [-0.39, 0.29) is 0 Å². The lowest BCUT2D eigenvalue weighted by Gasteiger charge is -2.16. The summed E-state index contributed by atoms with van der Waals surface area (Å²) in [6.45, 7) is 6.71. The maximum Gasteiger partial charge on any atom is 0.168 e. The van der Waals surface area contributed by atoms with Crippen molar-refractivity contribution in [1.29, 1.82) is 0 Å². The van der Waals surface area contributed by atoms with E-state index in [0.29, 0.717) is 12.0 Å². The Balaban J connectivity index is 1.91. The molecular weight excluding hydrogens is 228 g/mol. The van der Waals surface area contributed by atoms with Gasteiger partial charge in [0.15, 0.2) is 11.6 Å². The second kappa shape index (κ2) is 6.59. The molecule has 1 fully saturated rings. The van der Waals surface area contributed by atoms with Crippen LogP contribution in [0.1, 0.15) is 26.7 Å². The summed E-state index contributed by atoms with van der Waals surface area (Å²) in [5.74, 6) is 2.24. The van der Waals surface area contributed by atoms with E-state index in [4.69, 9.17) is 9.47 Å². The van der Waals surface area contributed by atoms with E-state index >= 15 is 0 Å². The highest BCUT2D eigenvalue weighted by molar-refractivity contribution is 5.49. The van der Waals surface area contributed by atoms with Crippen LogP contribution in [0.5, 0.6) is 5.75 Å². The minimum Gasteiger partial charge on any atom is -0.490 e.